The number of rotatable bonds is 3. The number of phenols is 1. The summed E-state index contributed by atoms with van der Waals surface area (Å²) in [6.45, 7) is 6.08. The lowest BCUT2D eigenvalue weighted by molar-refractivity contribution is 0.153. The number of benzene rings is 1. The Labute approximate surface area is 130 Å². The summed E-state index contributed by atoms with van der Waals surface area (Å²) in [5, 5.41) is 10.9. The maximum absolute atomic E-state index is 11.8. The Balaban J connectivity index is 2.05. The first-order valence-electron chi connectivity index (χ1n) is 8.11. The smallest absolute Gasteiger partial charge is 0.336 e. The van der Waals surface area contributed by atoms with Crippen LogP contribution in [0.2, 0.25) is 0 Å². The summed E-state index contributed by atoms with van der Waals surface area (Å²) in [5.74, 6) is 0.196. The van der Waals surface area contributed by atoms with Crippen molar-refractivity contribution in [2.75, 3.05) is 6.54 Å². The molecule has 4 heteroatoms. The van der Waals surface area contributed by atoms with Crippen molar-refractivity contribution < 1.29 is 9.52 Å². The van der Waals surface area contributed by atoms with Crippen molar-refractivity contribution in [1.82, 2.24) is 4.90 Å². The molecule has 2 aromatic rings. The van der Waals surface area contributed by atoms with Gasteiger partial charge in [0.25, 0.3) is 0 Å². The van der Waals surface area contributed by atoms with Crippen molar-refractivity contribution >= 4 is 11.0 Å². The Morgan fingerprint density at radius 1 is 1.27 bits per heavy atom. The molecule has 0 amide bonds. The summed E-state index contributed by atoms with van der Waals surface area (Å²) in [7, 11) is 0. The number of hydrogen-bond acceptors (Lipinski definition) is 4. The number of phenolic OH excluding ortho intramolecular Hbond substituents is 1. The highest BCUT2D eigenvalue weighted by Crippen LogP contribution is 2.28. The van der Waals surface area contributed by atoms with Crippen molar-refractivity contribution in [3.8, 4) is 5.75 Å². The zero-order valence-electron chi connectivity index (χ0n) is 13.3. The van der Waals surface area contributed by atoms with Crippen LogP contribution in [0.5, 0.6) is 5.75 Å². The molecule has 4 nitrogen and oxygen atoms in total. The predicted octanol–water partition coefficient (Wildman–Crippen LogP) is 3.44. The van der Waals surface area contributed by atoms with Gasteiger partial charge in [-0.25, -0.2) is 4.79 Å². The van der Waals surface area contributed by atoms with Gasteiger partial charge in [0.15, 0.2) is 0 Å². The first-order valence-corrected chi connectivity index (χ1v) is 8.11. The molecular weight excluding hydrogens is 278 g/mol. The number of likely N-dealkylation sites (tertiary alicyclic amines) is 1. The summed E-state index contributed by atoms with van der Waals surface area (Å²) >= 11 is 0. The Bertz CT molecular complexity index is 735. The standard InChI is InChI=1S/C18H23NO3/c1-3-13-8-15-14(11-19-7-5-4-6-12(19)2)9-18(21)22-17(15)10-16(13)20/h8-10,12,20H,3-7,11H2,1-2H3/t12-/m0/s1. The van der Waals surface area contributed by atoms with Crippen molar-refractivity contribution in [2.24, 2.45) is 0 Å². The SMILES string of the molecule is CCc1cc2c(CN3CCCC[C@@H]3C)cc(=O)oc2cc1O. The maximum Gasteiger partial charge on any atom is 0.336 e. The monoisotopic (exact) mass is 301 g/mol. The summed E-state index contributed by atoms with van der Waals surface area (Å²) < 4.78 is 5.26. The van der Waals surface area contributed by atoms with Crippen LogP contribution >= 0.6 is 0 Å². The summed E-state index contributed by atoms with van der Waals surface area (Å²) in [5.41, 5.74) is 2.00. The van der Waals surface area contributed by atoms with Crippen LogP contribution < -0.4 is 5.63 Å². The van der Waals surface area contributed by atoms with Crippen LogP contribution in [0.15, 0.2) is 27.4 Å². The molecule has 3 rings (SSSR count). The Morgan fingerprint density at radius 2 is 2.09 bits per heavy atom. The third kappa shape index (κ3) is 2.88. The van der Waals surface area contributed by atoms with Crippen LogP contribution in [0.4, 0.5) is 0 Å². The molecule has 0 aliphatic carbocycles. The van der Waals surface area contributed by atoms with E-state index in [9.17, 15) is 9.90 Å². The topological polar surface area (TPSA) is 53.7 Å². The van der Waals surface area contributed by atoms with E-state index in [2.05, 4.69) is 11.8 Å². The maximum atomic E-state index is 11.8. The molecule has 1 N–H and O–H groups in total. The van der Waals surface area contributed by atoms with Crippen molar-refractivity contribution in [2.45, 2.75) is 52.1 Å². The fourth-order valence-electron chi connectivity index (χ4n) is 3.33. The molecule has 1 aliphatic heterocycles. The van der Waals surface area contributed by atoms with Gasteiger partial charge in [0.2, 0.25) is 0 Å². The summed E-state index contributed by atoms with van der Waals surface area (Å²) in [6.07, 6.45) is 4.45. The normalized spacial score (nSPS) is 19.6. The van der Waals surface area contributed by atoms with Gasteiger partial charge in [0.1, 0.15) is 11.3 Å². The molecule has 0 radical (unpaired) electrons. The average Bonchev–Trinajstić information content (AvgIpc) is 2.48. The summed E-state index contributed by atoms with van der Waals surface area (Å²) in [6, 6.07) is 5.66. The minimum Gasteiger partial charge on any atom is -0.508 e. The van der Waals surface area contributed by atoms with Crippen LogP contribution in [-0.4, -0.2) is 22.6 Å². The minimum atomic E-state index is -0.351. The first-order chi connectivity index (χ1) is 10.6. The molecule has 0 saturated carbocycles. The fourth-order valence-corrected chi connectivity index (χ4v) is 3.33. The summed E-state index contributed by atoms with van der Waals surface area (Å²) in [4.78, 5) is 14.3. The van der Waals surface area contributed by atoms with E-state index in [0.29, 0.717) is 11.6 Å². The van der Waals surface area contributed by atoms with E-state index in [-0.39, 0.29) is 11.4 Å². The number of hydrogen-bond donors (Lipinski definition) is 1. The van der Waals surface area contributed by atoms with Crippen LogP contribution in [0, 0.1) is 0 Å². The van der Waals surface area contributed by atoms with Gasteiger partial charge in [-0.05, 0) is 49.9 Å². The van der Waals surface area contributed by atoms with Gasteiger partial charge in [-0.15, -0.1) is 0 Å². The van der Waals surface area contributed by atoms with E-state index in [1.54, 1.807) is 12.1 Å². The third-order valence-corrected chi connectivity index (χ3v) is 4.72. The van der Waals surface area contributed by atoms with Crippen LogP contribution in [0.25, 0.3) is 11.0 Å². The van der Waals surface area contributed by atoms with E-state index in [1.807, 2.05) is 13.0 Å². The number of fused-ring (bicyclic) bond motifs is 1. The largest absolute Gasteiger partial charge is 0.508 e. The number of piperidine rings is 1. The van der Waals surface area contributed by atoms with Gasteiger partial charge < -0.3 is 9.52 Å². The average molecular weight is 301 g/mol. The number of aryl methyl sites for hydroxylation is 1. The molecule has 22 heavy (non-hydrogen) atoms. The molecule has 1 aromatic heterocycles. The van der Waals surface area contributed by atoms with Gasteiger partial charge in [0.05, 0.1) is 0 Å². The van der Waals surface area contributed by atoms with E-state index in [1.165, 1.54) is 19.3 Å². The third-order valence-electron chi connectivity index (χ3n) is 4.72. The van der Waals surface area contributed by atoms with Crippen LogP contribution in [-0.2, 0) is 13.0 Å². The highest BCUT2D eigenvalue weighted by molar-refractivity contribution is 5.82. The fraction of sp³-hybridized carbons (Fsp3) is 0.500. The molecule has 0 spiro atoms. The Hall–Kier alpha value is -1.81. The Kier molecular flexibility index (Phi) is 4.21. The van der Waals surface area contributed by atoms with Crippen molar-refractivity contribution in [3.05, 3.63) is 39.7 Å². The highest BCUT2D eigenvalue weighted by atomic mass is 16.4. The number of aromatic hydroxyl groups is 1. The van der Waals surface area contributed by atoms with Crippen molar-refractivity contribution in [1.29, 1.82) is 0 Å². The van der Waals surface area contributed by atoms with Gasteiger partial charge in [-0.2, -0.15) is 0 Å². The molecule has 2 heterocycles. The predicted molar refractivity (Wildman–Crippen MR) is 87.2 cm³/mol. The molecule has 0 bridgehead atoms. The zero-order valence-corrected chi connectivity index (χ0v) is 13.3. The van der Waals surface area contributed by atoms with Gasteiger partial charge in [-0.3, -0.25) is 4.90 Å². The van der Waals surface area contributed by atoms with E-state index in [0.717, 1.165) is 36.0 Å². The second kappa shape index (κ2) is 6.13. The molecule has 1 aliphatic rings. The van der Waals surface area contributed by atoms with Gasteiger partial charge in [0, 0.05) is 30.1 Å². The van der Waals surface area contributed by atoms with E-state index >= 15 is 0 Å². The molecule has 1 saturated heterocycles. The molecule has 118 valence electrons. The second-order valence-corrected chi connectivity index (χ2v) is 6.24. The highest BCUT2D eigenvalue weighted by Gasteiger charge is 2.20. The lowest BCUT2D eigenvalue weighted by Gasteiger charge is -2.33. The zero-order chi connectivity index (χ0) is 15.7. The molecule has 0 unspecified atom stereocenters. The number of nitrogens with zero attached hydrogens (tertiary/aromatic N) is 1. The van der Waals surface area contributed by atoms with E-state index < -0.39 is 0 Å². The Morgan fingerprint density at radius 3 is 2.82 bits per heavy atom. The van der Waals surface area contributed by atoms with Crippen LogP contribution in [0.3, 0.4) is 0 Å². The van der Waals surface area contributed by atoms with Gasteiger partial charge in [-0.1, -0.05) is 13.3 Å². The lowest BCUT2D eigenvalue weighted by Crippen LogP contribution is -2.36. The molecular formula is C18H23NO3. The molecule has 1 aromatic carbocycles. The van der Waals surface area contributed by atoms with Crippen LogP contribution in [0.1, 0.15) is 44.2 Å². The molecule has 1 fully saturated rings. The first kappa shape index (κ1) is 15.1. The van der Waals surface area contributed by atoms with E-state index in [4.69, 9.17) is 4.42 Å². The van der Waals surface area contributed by atoms with Gasteiger partial charge >= 0.3 is 5.63 Å². The lowest BCUT2D eigenvalue weighted by atomic mass is 10.0. The molecule has 1 atom stereocenters. The van der Waals surface area contributed by atoms with Crippen molar-refractivity contribution in [3.63, 3.8) is 0 Å². The minimum absolute atomic E-state index is 0.196. The second-order valence-electron chi connectivity index (χ2n) is 6.24. The quantitative estimate of drug-likeness (QED) is 0.882.